The van der Waals surface area contributed by atoms with Gasteiger partial charge in [0.15, 0.2) is 6.10 Å². The number of amides is 3. The van der Waals surface area contributed by atoms with Crippen molar-refractivity contribution < 1.29 is 27.9 Å². The van der Waals surface area contributed by atoms with Crippen molar-refractivity contribution in [2.75, 3.05) is 19.6 Å². The average Bonchev–Trinajstić information content (AvgIpc) is 3.96. The maximum absolute atomic E-state index is 13.6. The number of H-pyrrole nitrogens is 1. The van der Waals surface area contributed by atoms with Gasteiger partial charge in [0.25, 0.3) is 11.5 Å². The molecule has 0 radical (unpaired) electrons. The summed E-state index contributed by atoms with van der Waals surface area (Å²) in [5.74, 6) is -0.175. The fraction of sp³-hybridized carbons (Fsp3) is 0.474. The van der Waals surface area contributed by atoms with Crippen LogP contribution >= 0.6 is 0 Å². The molecule has 9 nitrogen and oxygen atoms in total. The molecule has 0 unspecified atom stereocenters. The van der Waals surface area contributed by atoms with E-state index in [1.165, 1.54) is 35.8 Å². The second-order valence-electron chi connectivity index (χ2n) is 14.1. The van der Waals surface area contributed by atoms with Crippen LogP contribution in [0.15, 0.2) is 59.4 Å². The van der Waals surface area contributed by atoms with E-state index >= 15 is 0 Å². The standard InChI is InChI=1S/C38H42F3N5O4/c39-38(40,41)28-10-5-8-26(22-28)32(47)34(49)46-18-6-13-31-30(23-46)33(48)44-35(43-31)37(16-17-37)27-9-4-7-25(21-27)24-14-19-45(20-15-24)36(50)42-29-11-2-1-3-12-29/h4-5,7-10,14,21-22,29,32,47H,1-3,6,11-13,15-20,23H2,(H,42,50)(H,43,44,48)/t32-/m1/s1. The average molecular weight is 690 g/mol. The molecule has 0 spiro atoms. The van der Waals surface area contributed by atoms with Gasteiger partial charge in [-0.15, -0.1) is 0 Å². The van der Waals surface area contributed by atoms with Crippen molar-refractivity contribution in [1.29, 1.82) is 0 Å². The number of fused-ring (bicyclic) bond motifs is 1. The third-order valence-corrected chi connectivity index (χ3v) is 10.8. The summed E-state index contributed by atoms with van der Waals surface area (Å²) in [5.41, 5.74) is 2.35. The minimum Gasteiger partial charge on any atom is -0.378 e. The molecule has 0 bridgehead atoms. The largest absolute Gasteiger partial charge is 0.416 e. The third kappa shape index (κ3) is 6.95. The smallest absolute Gasteiger partial charge is 0.378 e. The van der Waals surface area contributed by atoms with Gasteiger partial charge in [-0.2, -0.15) is 13.2 Å². The van der Waals surface area contributed by atoms with Crippen LogP contribution in [0, 0.1) is 0 Å². The number of carbonyl (C=O) groups excluding carboxylic acids is 2. The first-order valence-corrected chi connectivity index (χ1v) is 17.6. The van der Waals surface area contributed by atoms with E-state index in [4.69, 9.17) is 4.98 Å². The van der Waals surface area contributed by atoms with Gasteiger partial charge in [-0.3, -0.25) is 9.59 Å². The number of hydrogen-bond donors (Lipinski definition) is 3. The van der Waals surface area contributed by atoms with Gasteiger partial charge in [0.05, 0.1) is 28.8 Å². The van der Waals surface area contributed by atoms with Crippen LogP contribution in [0.5, 0.6) is 0 Å². The number of urea groups is 1. The highest BCUT2D eigenvalue weighted by atomic mass is 19.4. The SMILES string of the molecule is O=C(NC1CCCCC1)N1CC=C(c2cccc(C3(c4nc5c(c(=O)[nH]4)CN(C(=O)[C@H](O)c4cccc(C(F)(F)F)c4)CCC5)CC3)c2)CC1. The number of carbonyl (C=O) groups is 2. The topological polar surface area (TPSA) is 119 Å². The van der Waals surface area contributed by atoms with E-state index in [0.717, 1.165) is 61.4 Å². The Bertz CT molecular complexity index is 1860. The minimum absolute atomic E-state index is 0.00973. The second kappa shape index (κ2) is 13.7. The van der Waals surface area contributed by atoms with Crippen molar-refractivity contribution >= 4 is 17.5 Å². The quantitative estimate of drug-likeness (QED) is 0.293. The number of aryl methyl sites for hydroxylation is 1. The molecule has 0 saturated heterocycles. The van der Waals surface area contributed by atoms with E-state index in [1.54, 1.807) is 0 Å². The number of halogens is 3. The number of alkyl halides is 3. The number of aliphatic hydroxyl groups is 1. The lowest BCUT2D eigenvalue weighted by atomic mass is 9.90. The number of benzene rings is 2. The maximum Gasteiger partial charge on any atom is 0.416 e. The van der Waals surface area contributed by atoms with Gasteiger partial charge >= 0.3 is 12.2 Å². The number of aromatic nitrogens is 2. The zero-order chi connectivity index (χ0) is 35.0. The highest BCUT2D eigenvalue weighted by Crippen LogP contribution is 2.52. The highest BCUT2D eigenvalue weighted by molar-refractivity contribution is 5.82. The molecule has 1 atom stereocenters. The van der Waals surface area contributed by atoms with Crippen molar-refractivity contribution in [1.82, 2.24) is 25.1 Å². The predicted octanol–water partition coefficient (Wildman–Crippen LogP) is 6.01. The molecule has 3 amide bonds. The predicted molar refractivity (Wildman–Crippen MR) is 181 cm³/mol. The van der Waals surface area contributed by atoms with Crippen molar-refractivity contribution in [3.8, 4) is 0 Å². The van der Waals surface area contributed by atoms with E-state index in [9.17, 15) is 32.7 Å². The molecule has 2 saturated carbocycles. The molecule has 4 aliphatic rings. The first-order chi connectivity index (χ1) is 24.0. The van der Waals surface area contributed by atoms with Crippen LogP contribution < -0.4 is 10.9 Å². The molecule has 7 rings (SSSR count). The van der Waals surface area contributed by atoms with Gasteiger partial charge in [0.2, 0.25) is 0 Å². The monoisotopic (exact) mass is 689 g/mol. The Morgan fingerprint density at radius 2 is 1.76 bits per heavy atom. The fourth-order valence-electron chi connectivity index (χ4n) is 7.67. The summed E-state index contributed by atoms with van der Waals surface area (Å²) in [6.07, 6.45) is 4.71. The first kappa shape index (κ1) is 34.0. The summed E-state index contributed by atoms with van der Waals surface area (Å²) < 4.78 is 39.7. The molecule has 264 valence electrons. The van der Waals surface area contributed by atoms with Crippen LogP contribution in [0.4, 0.5) is 18.0 Å². The van der Waals surface area contributed by atoms with Crippen molar-refractivity contribution in [2.24, 2.45) is 0 Å². The van der Waals surface area contributed by atoms with E-state index in [2.05, 4.69) is 34.6 Å². The molecule has 3 aromatic rings. The number of aliphatic hydroxyl groups excluding tert-OH is 1. The van der Waals surface area contributed by atoms with Crippen LogP contribution in [0.1, 0.15) is 103 Å². The zero-order valence-electron chi connectivity index (χ0n) is 27.9. The zero-order valence-corrected chi connectivity index (χ0v) is 27.9. The van der Waals surface area contributed by atoms with Gasteiger partial charge in [-0.05, 0) is 79.3 Å². The molecule has 2 fully saturated rings. The van der Waals surface area contributed by atoms with E-state index in [1.807, 2.05) is 11.0 Å². The molecule has 2 aliphatic carbocycles. The third-order valence-electron chi connectivity index (χ3n) is 10.8. The Labute approximate surface area is 288 Å². The van der Waals surface area contributed by atoms with Crippen LogP contribution in [-0.4, -0.2) is 62.5 Å². The van der Waals surface area contributed by atoms with Crippen molar-refractivity contribution in [2.45, 2.75) is 94.5 Å². The van der Waals surface area contributed by atoms with Crippen molar-refractivity contribution in [3.63, 3.8) is 0 Å². The van der Waals surface area contributed by atoms with Gasteiger partial charge in [-0.1, -0.05) is 61.7 Å². The summed E-state index contributed by atoms with van der Waals surface area (Å²) in [6.45, 7) is 1.33. The summed E-state index contributed by atoms with van der Waals surface area (Å²) in [6, 6.07) is 12.7. The molecule has 50 heavy (non-hydrogen) atoms. The Balaban J connectivity index is 1.06. The number of hydrogen-bond acceptors (Lipinski definition) is 5. The van der Waals surface area contributed by atoms with Crippen LogP contribution in [0.3, 0.4) is 0 Å². The van der Waals surface area contributed by atoms with Gasteiger partial charge < -0.3 is 25.2 Å². The lowest BCUT2D eigenvalue weighted by Gasteiger charge is -2.30. The molecular weight excluding hydrogens is 647 g/mol. The number of nitrogens with zero attached hydrogens (tertiary/aromatic N) is 3. The normalized spacial score (nSPS) is 20.0. The second-order valence-corrected chi connectivity index (χ2v) is 14.1. The highest BCUT2D eigenvalue weighted by Gasteiger charge is 2.49. The van der Waals surface area contributed by atoms with Gasteiger partial charge in [-0.25, -0.2) is 9.78 Å². The lowest BCUT2D eigenvalue weighted by Crippen LogP contribution is -2.46. The number of rotatable bonds is 6. The Hall–Kier alpha value is -4.45. The van der Waals surface area contributed by atoms with Crippen molar-refractivity contribution in [3.05, 3.63) is 104 Å². The van der Waals surface area contributed by atoms with Crippen LogP contribution in [0.2, 0.25) is 0 Å². The number of aromatic amines is 1. The molecule has 1 aromatic heterocycles. The summed E-state index contributed by atoms with van der Waals surface area (Å²) in [4.78, 5) is 50.9. The van der Waals surface area contributed by atoms with Crippen LogP contribution in [-0.2, 0) is 29.4 Å². The Morgan fingerprint density at radius 3 is 2.48 bits per heavy atom. The van der Waals surface area contributed by atoms with E-state index in [-0.39, 0.29) is 36.3 Å². The molecule has 3 N–H and O–H groups in total. The molecule has 2 aromatic carbocycles. The van der Waals surface area contributed by atoms with E-state index in [0.29, 0.717) is 43.0 Å². The molecule has 12 heteroatoms. The Kier molecular flexibility index (Phi) is 9.32. The van der Waals surface area contributed by atoms with Crippen LogP contribution in [0.25, 0.3) is 5.57 Å². The minimum atomic E-state index is -4.61. The summed E-state index contributed by atoms with van der Waals surface area (Å²) in [5, 5.41) is 14.0. The Morgan fingerprint density at radius 1 is 0.980 bits per heavy atom. The first-order valence-electron chi connectivity index (χ1n) is 17.6. The lowest BCUT2D eigenvalue weighted by molar-refractivity contribution is -0.142. The molecule has 3 heterocycles. The molecular formula is C38H42F3N5O4. The molecule has 2 aliphatic heterocycles. The maximum atomic E-state index is 13.6. The summed E-state index contributed by atoms with van der Waals surface area (Å²) in [7, 11) is 0. The fourth-order valence-corrected chi connectivity index (χ4v) is 7.67. The summed E-state index contributed by atoms with van der Waals surface area (Å²) >= 11 is 0. The van der Waals surface area contributed by atoms with E-state index < -0.39 is 29.2 Å². The number of nitrogens with one attached hydrogen (secondary N) is 2. The van der Waals surface area contributed by atoms with Gasteiger partial charge in [0.1, 0.15) is 5.82 Å². The van der Waals surface area contributed by atoms with Gasteiger partial charge in [0, 0.05) is 25.7 Å².